The average molecular weight is 495 g/mol. The highest BCUT2D eigenvalue weighted by Gasteiger charge is 2.27. The molecule has 0 bridgehead atoms. The number of hydrogen-bond donors (Lipinski definition) is 1. The van der Waals surface area contributed by atoms with Gasteiger partial charge in [-0.2, -0.15) is 0 Å². The second-order valence-electron chi connectivity index (χ2n) is 8.62. The van der Waals surface area contributed by atoms with Crippen molar-refractivity contribution in [1.82, 2.24) is 14.0 Å². The van der Waals surface area contributed by atoms with Crippen molar-refractivity contribution in [3.63, 3.8) is 0 Å². The van der Waals surface area contributed by atoms with Crippen LogP contribution >= 0.6 is 0 Å². The van der Waals surface area contributed by atoms with E-state index in [-0.39, 0.29) is 31.0 Å². The Balaban J connectivity index is 1.66. The molecule has 0 atom stereocenters. The minimum Gasteiger partial charge on any atom is -0.465 e. The van der Waals surface area contributed by atoms with Crippen LogP contribution in [0.5, 0.6) is 0 Å². The van der Waals surface area contributed by atoms with Gasteiger partial charge in [-0.3, -0.25) is 23.6 Å². The molecular formula is C26H27FN4O5. The zero-order chi connectivity index (χ0) is 26.0. The molecular weight excluding hydrogens is 467 g/mol. The van der Waals surface area contributed by atoms with Gasteiger partial charge in [-0.15, -0.1) is 0 Å². The number of rotatable bonds is 7. The number of methoxy groups -OCH3 is 1. The molecule has 4 rings (SSSR count). The molecule has 2 N–H and O–H groups in total. The summed E-state index contributed by atoms with van der Waals surface area (Å²) in [6.07, 6.45) is 0.617. The highest BCUT2D eigenvalue weighted by atomic mass is 19.1. The molecule has 2 aromatic carbocycles. The summed E-state index contributed by atoms with van der Waals surface area (Å²) in [7, 11) is 1.31. The highest BCUT2D eigenvalue weighted by Crippen LogP contribution is 2.24. The van der Waals surface area contributed by atoms with Crippen LogP contribution < -0.4 is 17.0 Å². The molecule has 10 heteroatoms. The van der Waals surface area contributed by atoms with Crippen LogP contribution in [0.3, 0.4) is 0 Å². The zero-order valence-electron chi connectivity index (χ0n) is 20.1. The average Bonchev–Trinajstić information content (AvgIpc) is 2.87. The second kappa shape index (κ2) is 10.3. The van der Waals surface area contributed by atoms with Crippen molar-refractivity contribution in [2.24, 2.45) is 0 Å². The van der Waals surface area contributed by atoms with Crippen LogP contribution in [0.2, 0.25) is 0 Å². The number of nitrogens with zero attached hydrogens (tertiary/aromatic N) is 3. The van der Waals surface area contributed by atoms with Gasteiger partial charge in [0.2, 0.25) is 0 Å². The van der Waals surface area contributed by atoms with E-state index in [1.54, 1.807) is 19.1 Å². The number of carbonyl (C=O) groups is 2. The zero-order valence-corrected chi connectivity index (χ0v) is 20.1. The van der Waals surface area contributed by atoms with E-state index in [1.807, 2.05) is 11.0 Å². The lowest BCUT2D eigenvalue weighted by molar-refractivity contribution is 0.0597. The van der Waals surface area contributed by atoms with Gasteiger partial charge in [0.05, 0.1) is 25.8 Å². The number of anilines is 1. The van der Waals surface area contributed by atoms with Gasteiger partial charge in [0.25, 0.3) is 5.56 Å². The van der Waals surface area contributed by atoms with Gasteiger partial charge in [0.15, 0.2) is 5.78 Å². The SMILES string of the molecule is CCn1c(=O)c(C(=O)CN2CCc3cccc(C(=O)OC)c3C2)c(N)n(Cc2ccc(F)cc2)c1=O. The number of nitrogen functional groups attached to an aromatic ring is 1. The fraction of sp³-hybridized carbons (Fsp3) is 0.308. The van der Waals surface area contributed by atoms with Crippen molar-refractivity contribution in [2.75, 3.05) is 25.9 Å². The van der Waals surface area contributed by atoms with Crippen molar-refractivity contribution in [3.8, 4) is 0 Å². The van der Waals surface area contributed by atoms with Crippen molar-refractivity contribution in [2.45, 2.75) is 33.0 Å². The molecule has 0 radical (unpaired) electrons. The fourth-order valence-electron chi connectivity index (χ4n) is 4.54. The van der Waals surface area contributed by atoms with E-state index in [0.29, 0.717) is 30.6 Å². The smallest absolute Gasteiger partial charge is 0.338 e. The van der Waals surface area contributed by atoms with Crippen LogP contribution in [0.1, 0.15) is 44.3 Å². The van der Waals surface area contributed by atoms with Gasteiger partial charge in [-0.25, -0.2) is 14.0 Å². The maximum atomic E-state index is 13.4. The summed E-state index contributed by atoms with van der Waals surface area (Å²) in [5.41, 5.74) is 7.39. The minimum absolute atomic E-state index is 0.0227. The maximum absolute atomic E-state index is 13.4. The van der Waals surface area contributed by atoms with E-state index in [1.165, 1.54) is 31.4 Å². The molecule has 1 aromatic heterocycles. The fourth-order valence-corrected chi connectivity index (χ4v) is 4.54. The molecule has 0 spiro atoms. The minimum atomic E-state index is -0.743. The lowest BCUT2D eigenvalue weighted by Crippen LogP contribution is -2.45. The van der Waals surface area contributed by atoms with Crippen LogP contribution in [-0.2, 0) is 30.8 Å². The van der Waals surface area contributed by atoms with E-state index in [9.17, 15) is 23.6 Å². The molecule has 0 aliphatic carbocycles. The first-order valence-electron chi connectivity index (χ1n) is 11.6. The number of ketones is 1. The molecule has 1 aliphatic rings. The summed E-state index contributed by atoms with van der Waals surface area (Å²) in [6, 6.07) is 10.9. The van der Waals surface area contributed by atoms with Gasteiger partial charge in [-0.05, 0) is 48.2 Å². The number of carbonyl (C=O) groups excluding carboxylic acids is 2. The topological polar surface area (TPSA) is 117 Å². The molecule has 9 nitrogen and oxygen atoms in total. The Morgan fingerprint density at radius 1 is 1.08 bits per heavy atom. The molecule has 1 aliphatic heterocycles. The number of aromatic nitrogens is 2. The molecule has 0 fully saturated rings. The molecule has 188 valence electrons. The Labute approximate surface area is 206 Å². The van der Waals surface area contributed by atoms with Gasteiger partial charge in [0.1, 0.15) is 17.2 Å². The quantitative estimate of drug-likeness (QED) is 0.393. The summed E-state index contributed by atoms with van der Waals surface area (Å²) in [5.74, 6) is -1.63. The number of hydrogen-bond acceptors (Lipinski definition) is 7. The van der Waals surface area contributed by atoms with Crippen molar-refractivity contribution in [1.29, 1.82) is 0 Å². The number of halogens is 1. The molecule has 0 amide bonds. The summed E-state index contributed by atoms with van der Waals surface area (Å²) < 4.78 is 20.3. The highest BCUT2D eigenvalue weighted by molar-refractivity contribution is 6.01. The van der Waals surface area contributed by atoms with E-state index in [0.717, 1.165) is 20.3 Å². The van der Waals surface area contributed by atoms with Crippen LogP contribution in [-0.4, -0.2) is 46.0 Å². The van der Waals surface area contributed by atoms with E-state index in [2.05, 4.69) is 0 Å². The third-order valence-electron chi connectivity index (χ3n) is 6.44. The predicted octanol–water partition coefficient (Wildman–Crippen LogP) is 1.83. The monoisotopic (exact) mass is 494 g/mol. The number of benzene rings is 2. The normalized spacial score (nSPS) is 13.3. The number of esters is 1. The second-order valence-corrected chi connectivity index (χ2v) is 8.62. The Morgan fingerprint density at radius 2 is 1.81 bits per heavy atom. The molecule has 0 unspecified atom stereocenters. The third kappa shape index (κ3) is 4.72. The van der Waals surface area contributed by atoms with Crippen LogP contribution in [0.25, 0.3) is 0 Å². The van der Waals surface area contributed by atoms with E-state index < -0.39 is 28.8 Å². The largest absolute Gasteiger partial charge is 0.465 e. The van der Waals surface area contributed by atoms with Crippen molar-refractivity contribution in [3.05, 3.63) is 96.9 Å². The Hall–Kier alpha value is -4.05. The first-order chi connectivity index (χ1) is 17.2. The molecule has 36 heavy (non-hydrogen) atoms. The van der Waals surface area contributed by atoms with Crippen LogP contribution in [0.4, 0.5) is 10.2 Å². The molecule has 2 heterocycles. The third-order valence-corrected chi connectivity index (χ3v) is 6.44. The van der Waals surface area contributed by atoms with E-state index >= 15 is 0 Å². The lowest BCUT2D eigenvalue weighted by Gasteiger charge is -2.29. The summed E-state index contributed by atoms with van der Waals surface area (Å²) in [5, 5.41) is 0. The van der Waals surface area contributed by atoms with E-state index in [4.69, 9.17) is 10.5 Å². The first-order valence-corrected chi connectivity index (χ1v) is 11.6. The lowest BCUT2D eigenvalue weighted by atomic mass is 9.94. The Morgan fingerprint density at radius 3 is 2.47 bits per heavy atom. The molecule has 0 saturated carbocycles. The number of ether oxygens (including phenoxy) is 1. The number of nitrogens with two attached hydrogens (primary N) is 1. The summed E-state index contributed by atoms with van der Waals surface area (Å²) in [4.78, 5) is 53.5. The summed E-state index contributed by atoms with van der Waals surface area (Å²) >= 11 is 0. The Bertz CT molecular complexity index is 1440. The van der Waals surface area contributed by atoms with Gasteiger partial charge in [-0.1, -0.05) is 24.3 Å². The van der Waals surface area contributed by atoms with Gasteiger partial charge >= 0.3 is 11.7 Å². The van der Waals surface area contributed by atoms with Gasteiger partial charge < -0.3 is 10.5 Å². The Kier molecular flexibility index (Phi) is 7.16. The predicted molar refractivity (Wildman–Crippen MR) is 132 cm³/mol. The first kappa shape index (κ1) is 25.1. The van der Waals surface area contributed by atoms with Crippen molar-refractivity contribution < 1.29 is 18.7 Å². The maximum Gasteiger partial charge on any atom is 0.338 e. The number of Topliss-reactive ketones (excluding diaryl/α,β-unsaturated/α-hetero) is 1. The number of fused-ring (bicyclic) bond motifs is 1. The summed E-state index contributed by atoms with van der Waals surface area (Å²) in [6.45, 7) is 2.41. The van der Waals surface area contributed by atoms with Crippen molar-refractivity contribution >= 4 is 17.6 Å². The van der Waals surface area contributed by atoms with Gasteiger partial charge in [0, 0.05) is 19.6 Å². The molecule has 0 saturated heterocycles. The molecule has 3 aromatic rings. The standard InChI is InChI=1S/C26H27FN4O5/c1-3-30-24(33)22(23(28)31(26(30)35)13-16-7-9-18(27)10-8-16)21(32)15-29-12-11-17-5-4-6-19(20(17)14-29)25(34)36-2/h4-10H,3,11-15,28H2,1-2H3. The van der Waals surface area contributed by atoms with Crippen LogP contribution in [0.15, 0.2) is 52.1 Å². The van der Waals surface area contributed by atoms with Crippen LogP contribution in [0, 0.1) is 5.82 Å².